The van der Waals surface area contributed by atoms with Crippen LogP contribution >= 0.6 is 11.3 Å². The van der Waals surface area contributed by atoms with Crippen LogP contribution in [0.5, 0.6) is 0 Å². The maximum atomic E-state index is 13.6. The Labute approximate surface area is 183 Å². The number of esters is 2. The van der Waals surface area contributed by atoms with Gasteiger partial charge >= 0.3 is 11.9 Å². The van der Waals surface area contributed by atoms with E-state index in [0.717, 1.165) is 41.0 Å². The molecule has 5 rings (SSSR count). The Morgan fingerprint density at radius 3 is 2.74 bits per heavy atom. The minimum atomic E-state index is -1.15. The summed E-state index contributed by atoms with van der Waals surface area (Å²) in [7, 11) is 0. The van der Waals surface area contributed by atoms with E-state index >= 15 is 0 Å². The van der Waals surface area contributed by atoms with Crippen molar-refractivity contribution in [2.75, 3.05) is 18.1 Å². The maximum Gasteiger partial charge on any atom is 0.341 e. The topological polar surface area (TPSA) is 99.2 Å². The summed E-state index contributed by atoms with van der Waals surface area (Å²) in [6.45, 7) is 3.09. The van der Waals surface area contributed by atoms with Crippen LogP contribution in [0.2, 0.25) is 0 Å². The summed E-state index contributed by atoms with van der Waals surface area (Å²) in [6.07, 6.45) is 6.43. The normalized spacial score (nSPS) is 30.5. The first-order chi connectivity index (χ1) is 14.9. The number of thiophene rings is 1. The molecule has 4 heterocycles. The quantitative estimate of drug-likeness (QED) is 0.389. The molecule has 2 bridgehead atoms. The zero-order valence-corrected chi connectivity index (χ0v) is 18.2. The molecule has 0 N–H and O–H groups in total. The van der Waals surface area contributed by atoms with E-state index in [1.54, 1.807) is 19.1 Å². The van der Waals surface area contributed by atoms with Crippen LogP contribution in [0.3, 0.4) is 0 Å². The average Bonchev–Trinajstić information content (AvgIpc) is 3.46. The molecule has 164 valence electrons. The van der Waals surface area contributed by atoms with Gasteiger partial charge in [0.05, 0.1) is 30.1 Å². The van der Waals surface area contributed by atoms with Gasteiger partial charge in [0, 0.05) is 11.8 Å². The summed E-state index contributed by atoms with van der Waals surface area (Å²) in [6, 6.07) is 0. The van der Waals surface area contributed by atoms with Gasteiger partial charge in [-0.05, 0) is 44.2 Å². The molecular formula is C22H23NO7S. The van der Waals surface area contributed by atoms with E-state index in [0.29, 0.717) is 10.6 Å². The van der Waals surface area contributed by atoms with Gasteiger partial charge in [0.2, 0.25) is 11.8 Å². The third-order valence-electron chi connectivity index (χ3n) is 6.49. The molecule has 0 spiro atoms. The summed E-state index contributed by atoms with van der Waals surface area (Å²) in [4.78, 5) is 53.5. The monoisotopic (exact) mass is 445 g/mol. The zero-order valence-electron chi connectivity index (χ0n) is 17.3. The van der Waals surface area contributed by atoms with Crippen molar-refractivity contribution in [3.05, 3.63) is 28.2 Å². The Morgan fingerprint density at radius 2 is 2.00 bits per heavy atom. The summed E-state index contributed by atoms with van der Waals surface area (Å²) >= 11 is 1.34. The summed E-state index contributed by atoms with van der Waals surface area (Å²) < 4.78 is 16.4. The lowest BCUT2D eigenvalue weighted by Gasteiger charge is -2.28. The number of fused-ring (bicyclic) bond motifs is 6. The van der Waals surface area contributed by atoms with Gasteiger partial charge in [-0.15, -0.1) is 11.3 Å². The summed E-state index contributed by atoms with van der Waals surface area (Å²) in [5, 5.41) is 0.358. The fraction of sp³-hybridized carbons (Fsp3) is 0.545. The van der Waals surface area contributed by atoms with Crippen LogP contribution in [-0.4, -0.2) is 48.7 Å². The average molecular weight is 445 g/mol. The second kappa shape index (κ2) is 7.27. The van der Waals surface area contributed by atoms with E-state index in [-0.39, 0.29) is 19.1 Å². The number of ether oxygens (including phenoxy) is 3. The van der Waals surface area contributed by atoms with Crippen molar-refractivity contribution in [3.63, 3.8) is 0 Å². The highest BCUT2D eigenvalue weighted by Crippen LogP contribution is 2.54. The fourth-order valence-electron chi connectivity index (χ4n) is 5.20. The molecule has 0 radical (unpaired) electrons. The third-order valence-corrected chi connectivity index (χ3v) is 7.77. The molecule has 1 aliphatic carbocycles. The molecule has 0 saturated carbocycles. The first-order valence-corrected chi connectivity index (χ1v) is 11.4. The third kappa shape index (κ3) is 2.90. The minimum absolute atomic E-state index is 0.130. The Morgan fingerprint density at radius 1 is 1.23 bits per heavy atom. The van der Waals surface area contributed by atoms with Gasteiger partial charge in [0.1, 0.15) is 17.2 Å². The molecular weight excluding hydrogens is 422 g/mol. The number of carbonyl (C=O) groups excluding carboxylic acids is 4. The Balaban J connectivity index is 1.56. The standard InChI is InChI=1S/C22H23NO7S/c1-3-28-21(27)15-12-6-4-5-7-14(12)31-20(15)23-18(25)16-13-8-9-22(30-13,10-29-11(2)24)17(16)19(23)26/h8-9,13,16-17H,3-7,10H2,1-2H3/t13-,16+,17-,22+/m1/s1. The molecule has 1 aromatic heterocycles. The van der Waals surface area contributed by atoms with Crippen molar-refractivity contribution in [2.45, 2.75) is 51.2 Å². The van der Waals surface area contributed by atoms with Crippen LogP contribution in [0.25, 0.3) is 0 Å². The molecule has 0 aromatic carbocycles. The Kier molecular flexibility index (Phi) is 4.78. The molecule has 4 aliphatic rings. The fourth-order valence-corrected chi connectivity index (χ4v) is 6.59. The predicted molar refractivity (Wildman–Crippen MR) is 110 cm³/mol. The lowest BCUT2D eigenvalue weighted by molar-refractivity contribution is -0.150. The lowest BCUT2D eigenvalue weighted by atomic mass is 9.77. The van der Waals surface area contributed by atoms with Gasteiger partial charge in [-0.25, -0.2) is 9.69 Å². The SMILES string of the molecule is CCOC(=O)c1c(N2C(=O)[C@H]3[C@H]4C=C[C@@](COC(C)=O)(O4)[C@H]3C2=O)sc2c1CCCC2. The first-order valence-electron chi connectivity index (χ1n) is 10.6. The molecule has 8 nitrogen and oxygen atoms in total. The number of aryl methyl sites for hydroxylation is 1. The van der Waals surface area contributed by atoms with Gasteiger partial charge in [0.15, 0.2) is 0 Å². The van der Waals surface area contributed by atoms with E-state index in [1.165, 1.54) is 18.3 Å². The van der Waals surface area contributed by atoms with Gasteiger partial charge in [-0.2, -0.15) is 0 Å². The Hall–Kier alpha value is -2.52. The number of nitrogens with zero attached hydrogens (tertiary/aromatic N) is 1. The molecule has 9 heteroatoms. The van der Waals surface area contributed by atoms with E-state index in [2.05, 4.69) is 0 Å². The number of carbonyl (C=O) groups is 4. The van der Waals surface area contributed by atoms with Crippen molar-refractivity contribution >= 4 is 40.1 Å². The van der Waals surface area contributed by atoms with E-state index in [9.17, 15) is 19.2 Å². The molecule has 3 aliphatic heterocycles. The van der Waals surface area contributed by atoms with E-state index < -0.39 is 41.4 Å². The molecule has 2 saturated heterocycles. The smallest absolute Gasteiger partial charge is 0.341 e. The number of hydrogen-bond acceptors (Lipinski definition) is 8. The van der Waals surface area contributed by atoms with E-state index in [4.69, 9.17) is 14.2 Å². The first kappa shape index (κ1) is 20.4. The van der Waals surface area contributed by atoms with Crippen molar-refractivity contribution in [2.24, 2.45) is 11.8 Å². The van der Waals surface area contributed by atoms with Crippen molar-refractivity contribution < 1.29 is 33.4 Å². The van der Waals surface area contributed by atoms with Gasteiger partial charge in [-0.1, -0.05) is 6.08 Å². The molecule has 0 unspecified atom stereocenters. The van der Waals surface area contributed by atoms with Crippen molar-refractivity contribution in [3.8, 4) is 0 Å². The van der Waals surface area contributed by atoms with Gasteiger partial charge < -0.3 is 14.2 Å². The zero-order chi connectivity index (χ0) is 21.9. The van der Waals surface area contributed by atoms with Crippen molar-refractivity contribution in [1.82, 2.24) is 0 Å². The molecule has 1 aromatic rings. The van der Waals surface area contributed by atoms with Gasteiger partial charge in [0.25, 0.3) is 0 Å². The second-order valence-electron chi connectivity index (χ2n) is 8.30. The van der Waals surface area contributed by atoms with Crippen molar-refractivity contribution in [1.29, 1.82) is 0 Å². The summed E-state index contributed by atoms with van der Waals surface area (Å²) in [5.41, 5.74) is 0.0940. The highest BCUT2D eigenvalue weighted by Gasteiger charge is 2.68. The van der Waals surface area contributed by atoms with Crippen LogP contribution in [0, 0.1) is 11.8 Å². The number of anilines is 1. The van der Waals surface area contributed by atoms with Crippen LogP contribution in [0.4, 0.5) is 5.00 Å². The molecule has 2 amide bonds. The summed E-state index contributed by atoms with van der Waals surface area (Å²) in [5.74, 6) is -3.26. The highest BCUT2D eigenvalue weighted by atomic mass is 32.1. The molecule has 31 heavy (non-hydrogen) atoms. The minimum Gasteiger partial charge on any atom is -0.462 e. The number of amides is 2. The number of rotatable bonds is 5. The van der Waals surface area contributed by atoms with Gasteiger partial charge in [-0.3, -0.25) is 14.4 Å². The molecule has 4 atom stereocenters. The number of hydrogen-bond donors (Lipinski definition) is 0. The highest BCUT2D eigenvalue weighted by molar-refractivity contribution is 7.17. The second-order valence-corrected chi connectivity index (χ2v) is 9.39. The lowest BCUT2D eigenvalue weighted by Crippen LogP contribution is -2.44. The largest absolute Gasteiger partial charge is 0.462 e. The van der Waals surface area contributed by atoms with Crippen LogP contribution in [-0.2, 0) is 41.4 Å². The molecule has 2 fully saturated rings. The maximum absolute atomic E-state index is 13.6. The number of imide groups is 1. The Bertz CT molecular complexity index is 1030. The van der Waals surface area contributed by atoms with Crippen LogP contribution in [0.15, 0.2) is 12.2 Å². The van der Waals surface area contributed by atoms with Crippen LogP contribution in [0.1, 0.15) is 47.5 Å². The predicted octanol–water partition coefficient (Wildman–Crippen LogP) is 2.18. The van der Waals surface area contributed by atoms with Crippen LogP contribution < -0.4 is 4.90 Å². The van der Waals surface area contributed by atoms with E-state index in [1.807, 2.05) is 0 Å².